The van der Waals surface area contributed by atoms with E-state index in [-0.39, 0.29) is 0 Å². The van der Waals surface area contributed by atoms with Gasteiger partial charge in [-0.25, -0.2) is 0 Å². The van der Waals surface area contributed by atoms with Gasteiger partial charge in [-0.05, 0) is 48.2 Å². The molecule has 3 nitrogen and oxygen atoms in total. The van der Waals surface area contributed by atoms with Crippen LogP contribution in [-0.4, -0.2) is 20.4 Å². The molecule has 3 heteroatoms. The van der Waals surface area contributed by atoms with Gasteiger partial charge in [0.1, 0.15) is 0 Å². The highest BCUT2D eigenvalue weighted by Gasteiger charge is 2.08. The third-order valence-corrected chi connectivity index (χ3v) is 4.45. The van der Waals surface area contributed by atoms with Gasteiger partial charge in [-0.3, -0.25) is 4.79 Å². The molecule has 0 aliphatic heterocycles. The van der Waals surface area contributed by atoms with Crippen LogP contribution in [0.4, 0.5) is 17.1 Å². The summed E-state index contributed by atoms with van der Waals surface area (Å²) >= 11 is 0. The Balaban J connectivity index is 1.83. The minimum absolute atomic E-state index is 0.669. The lowest BCUT2D eigenvalue weighted by atomic mass is 10.0. The van der Waals surface area contributed by atoms with E-state index in [1.54, 1.807) is 0 Å². The van der Waals surface area contributed by atoms with Gasteiger partial charge in [0.15, 0.2) is 6.29 Å². The van der Waals surface area contributed by atoms with E-state index in [4.69, 9.17) is 0 Å². The van der Waals surface area contributed by atoms with Gasteiger partial charge in [0.2, 0.25) is 0 Å². The molecule has 26 heavy (non-hydrogen) atoms. The lowest BCUT2D eigenvalue weighted by Crippen LogP contribution is -2.11. The van der Waals surface area contributed by atoms with Gasteiger partial charge in [0.25, 0.3) is 0 Å². The number of rotatable bonds is 7. The van der Waals surface area contributed by atoms with E-state index < -0.39 is 0 Å². The standard InChI is InChI=1S/C23H24N2O/c1-25(2)23-11-7-6-10-21(23)24-22-16-19(14-15-20(22)17-26)13-12-18-8-4-3-5-9-18/h3-11,14-17,24H,12-13H2,1-2H3. The number of para-hydroxylation sites is 2. The van der Waals surface area contributed by atoms with Crippen LogP contribution < -0.4 is 10.2 Å². The van der Waals surface area contributed by atoms with E-state index in [0.717, 1.165) is 36.2 Å². The maximum atomic E-state index is 11.5. The third kappa shape index (κ3) is 4.31. The molecule has 0 aliphatic carbocycles. The molecular weight excluding hydrogens is 320 g/mol. The van der Waals surface area contributed by atoms with Crippen LogP contribution in [0.5, 0.6) is 0 Å². The number of nitrogens with zero attached hydrogens (tertiary/aromatic N) is 1. The molecule has 0 aliphatic rings. The molecular formula is C23H24N2O. The molecule has 132 valence electrons. The highest BCUT2D eigenvalue weighted by Crippen LogP contribution is 2.29. The summed E-state index contributed by atoms with van der Waals surface area (Å²) in [5.41, 5.74) is 6.12. The number of hydrogen-bond donors (Lipinski definition) is 1. The van der Waals surface area contributed by atoms with E-state index in [9.17, 15) is 4.79 Å². The van der Waals surface area contributed by atoms with Gasteiger partial charge in [0, 0.05) is 25.3 Å². The number of benzene rings is 3. The predicted molar refractivity (Wildman–Crippen MR) is 110 cm³/mol. The van der Waals surface area contributed by atoms with Crippen LogP contribution in [0.1, 0.15) is 21.5 Å². The first-order chi connectivity index (χ1) is 12.7. The number of anilines is 3. The van der Waals surface area contributed by atoms with E-state index >= 15 is 0 Å². The van der Waals surface area contributed by atoms with Crippen LogP contribution in [0.3, 0.4) is 0 Å². The maximum Gasteiger partial charge on any atom is 0.152 e. The van der Waals surface area contributed by atoms with Crippen LogP contribution in [-0.2, 0) is 12.8 Å². The highest BCUT2D eigenvalue weighted by molar-refractivity contribution is 5.88. The van der Waals surface area contributed by atoms with Crippen molar-refractivity contribution in [1.29, 1.82) is 0 Å². The van der Waals surface area contributed by atoms with Crippen molar-refractivity contribution in [3.05, 3.63) is 89.5 Å². The SMILES string of the molecule is CN(C)c1ccccc1Nc1cc(CCc2ccccc2)ccc1C=O. The summed E-state index contributed by atoms with van der Waals surface area (Å²) in [7, 11) is 4.02. The second-order valence-electron chi connectivity index (χ2n) is 6.56. The average molecular weight is 344 g/mol. The topological polar surface area (TPSA) is 32.3 Å². The number of carbonyl (C=O) groups is 1. The monoisotopic (exact) mass is 344 g/mol. The van der Waals surface area contributed by atoms with Crippen LogP contribution >= 0.6 is 0 Å². The first-order valence-electron chi connectivity index (χ1n) is 8.83. The number of nitrogens with one attached hydrogen (secondary N) is 1. The highest BCUT2D eigenvalue weighted by atomic mass is 16.1. The molecule has 3 aromatic rings. The Labute approximate surface area is 155 Å². The summed E-state index contributed by atoms with van der Waals surface area (Å²) in [4.78, 5) is 13.5. The zero-order valence-electron chi connectivity index (χ0n) is 15.3. The zero-order chi connectivity index (χ0) is 18.4. The van der Waals surface area contributed by atoms with E-state index in [0.29, 0.717) is 5.56 Å². The van der Waals surface area contributed by atoms with Crippen molar-refractivity contribution in [2.45, 2.75) is 12.8 Å². The molecule has 0 amide bonds. The molecule has 0 unspecified atom stereocenters. The Hall–Kier alpha value is -3.07. The molecule has 1 N–H and O–H groups in total. The van der Waals surface area contributed by atoms with Crippen molar-refractivity contribution >= 4 is 23.3 Å². The van der Waals surface area contributed by atoms with E-state index in [1.807, 2.05) is 50.5 Å². The van der Waals surface area contributed by atoms with Gasteiger partial charge >= 0.3 is 0 Å². The van der Waals surface area contributed by atoms with E-state index in [2.05, 4.69) is 46.6 Å². The van der Waals surface area contributed by atoms with E-state index in [1.165, 1.54) is 11.1 Å². The molecule has 0 saturated carbocycles. The largest absolute Gasteiger partial charge is 0.376 e. The van der Waals surface area contributed by atoms with Gasteiger partial charge in [-0.1, -0.05) is 48.5 Å². The van der Waals surface area contributed by atoms with Gasteiger partial charge < -0.3 is 10.2 Å². The van der Waals surface area contributed by atoms with Crippen molar-refractivity contribution in [1.82, 2.24) is 0 Å². The molecule has 0 bridgehead atoms. The van der Waals surface area contributed by atoms with Crippen molar-refractivity contribution < 1.29 is 4.79 Å². The molecule has 0 radical (unpaired) electrons. The molecule has 0 aromatic heterocycles. The summed E-state index contributed by atoms with van der Waals surface area (Å²) in [6, 6.07) is 24.6. The lowest BCUT2D eigenvalue weighted by molar-refractivity contribution is 0.112. The average Bonchev–Trinajstić information content (AvgIpc) is 2.67. The van der Waals surface area contributed by atoms with Gasteiger partial charge in [-0.15, -0.1) is 0 Å². The van der Waals surface area contributed by atoms with Crippen LogP contribution in [0.25, 0.3) is 0 Å². The van der Waals surface area contributed by atoms with Crippen molar-refractivity contribution in [2.75, 3.05) is 24.3 Å². The number of aldehydes is 1. The molecule has 0 fully saturated rings. The third-order valence-electron chi connectivity index (χ3n) is 4.45. The molecule has 3 rings (SSSR count). The molecule has 3 aromatic carbocycles. The van der Waals surface area contributed by atoms with Crippen molar-refractivity contribution in [3.63, 3.8) is 0 Å². The Morgan fingerprint density at radius 2 is 1.50 bits per heavy atom. The van der Waals surface area contributed by atoms with Crippen molar-refractivity contribution in [3.8, 4) is 0 Å². The number of hydrogen-bond acceptors (Lipinski definition) is 3. The van der Waals surface area contributed by atoms with Gasteiger partial charge in [0.05, 0.1) is 11.4 Å². The second kappa shape index (κ2) is 8.34. The fourth-order valence-corrected chi connectivity index (χ4v) is 3.02. The Kier molecular flexibility index (Phi) is 5.69. The molecule has 0 atom stereocenters. The molecule has 0 spiro atoms. The first kappa shape index (κ1) is 17.7. The summed E-state index contributed by atoms with van der Waals surface area (Å²) in [6.45, 7) is 0. The first-order valence-corrected chi connectivity index (χ1v) is 8.83. The Morgan fingerprint density at radius 3 is 2.23 bits per heavy atom. The van der Waals surface area contributed by atoms with Gasteiger partial charge in [-0.2, -0.15) is 0 Å². The molecule has 0 saturated heterocycles. The lowest BCUT2D eigenvalue weighted by Gasteiger charge is -2.19. The van der Waals surface area contributed by atoms with Crippen LogP contribution in [0.2, 0.25) is 0 Å². The fraction of sp³-hybridized carbons (Fsp3) is 0.174. The quantitative estimate of drug-likeness (QED) is 0.606. The number of aryl methyl sites for hydroxylation is 2. The number of carbonyl (C=O) groups excluding carboxylic acids is 1. The minimum atomic E-state index is 0.669. The fourth-order valence-electron chi connectivity index (χ4n) is 3.02. The maximum absolute atomic E-state index is 11.5. The minimum Gasteiger partial charge on any atom is -0.376 e. The summed E-state index contributed by atoms with van der Waals surface area (Å²) < 4.78 is 0. The summed E-state index contributed by atoms with van der Waals surface area (Å²) in [5, 5.41) is 3.44. The normalized spacial score (nSPS) is 10.4. The molecule has 0 heterocycles. The smallest absolute Gasteiger partial charge is 0.152 e. The summed E-state index contributed by atoms with van der Waals surface area (Å²) in [5.74, 6) is 0. The predicted octanol–water partition coefficient (Wildman–Crippen LogP) is 5.09. The van der Waals surface area contributed by atoms with Crippen molar-refractivity contribution in [2.24, 2.45) is 0 Å². The summed E-state index contributed by atoms with van der Waals surface area (Å²) in [6.07, 6.45) is 2.82. The zero-order valence-corrected chi connectivity index (χ0v) is 15.3. The van der Waals surface area contributed by atoms with Crippen LogP contribution in [0.15, 0.2) is 72.8 Å². The van der Waals surface area contributed by atoms with Crippen LogP contribution in [0, 0.1) is 0 Å². The Bertz CT molecular complexity index is 872. The Morgan fingerprint density at radius 1 is 0.808 bits per heavy atom. The second-order valence-corrected chi connectivity index (χ2v) is 6.56.